The maximum atomic E-state index is 12.8. The molecule has 0 spiro atoms. The van der Waals surface area contributed by atoms with Crippen LogP contribution in [-0.2, 0) is 20.2 Å². The number of nitrogens with zero attached hydrogens (tertiary/aromatic N) is 2. The van der Waals surface area contributed by atoms with Crippen LogP contribution in [0, 0.1) is 0 Å². The van der Waals surface area contributed by atoms with Gasteiger partial charge in [0.2, 0.25) is 10.9 Å². The second kappa shape index (κ2) is 14.5. The van der Waals surface area contributed by atoms with Crippen molar-refractivity contribution in [2.24, 2.45) is 10.2 Å². The fourth-order valence-electron chi connectivity index (χ4n) is 3.26. The number of anilines is 4. The monoisotopic (exact) mass is 613 g/mol. The molecule has 0 bridgehead atoms. The minimum absolute atomic E-state index is 0. The second-order valence-corrected chi connectivity index (χ2v) is 10.6. The third-order valence-electron chi connectivity index (χ3n) is 5.12. The molecule has 41 heavy (non-hydrogen) atoms. The molecular weight excluding hydrogens is 596 g/mol. The predicted molar refractivity (Wildman–Crippen MR) is 138 cm³/mol. The summed E-state index contributed by atoms with van der Waals surface area (Å²) in [5.74, 6) is 0. The van der Waals surface area contributed by atoms with Crippen LogP contribution in [0.4, 0.5) is 22.7 Å². The number of rotatable bonds is 8. The number of para-hydroxylation sites is 1. The Morgan fingerprint density at radius 1 is 0.634 bits per heavy atom. The van der Waals surface area contributed by atoms with E-state index in [-0.39, 0.29) is 81.5 Å². The molecule has 0 aliphatic rings. The Bertz CT molecular complexity index is 1980. The summed E-state index contributed by atoms with van der Waals surface area (Å²) in [6.45, 7) is 0. The average Bonchev–Trinajstić information content (AvgIpc) is 2.88. The van der Waals surface area contributed by atoms with Crippen molar-refractivity contribution in [2.75, 3.05) is 16.2 Å². The van der Waals surface area contributed by atoms with Gasteiger partial charge in [-0.3, -0.25) is 20.4 Å². The topological polar surface area (TPSA) is 209 Å². The number of benzene rings is 4. The van der Waals surface area contributed by atoms with Crippen LogP contribution in [0.5, 0.6) is 0 Å². The molecule has 0 aliphatic carbocycles. The van der Waals surface area contributed by atoms with Gasteiger partial charge in [-0.05, 0) is 66.7 Å². The average molecular weight is 614 g/mol. The van der Waals surface area contributed by atoms with Crippen LogP contribution in [0.2, 0.25) is 0 Å². The summed E-state index contributed by atoms with van der Waals surface area (Å²) in [6, 6.07) is 19.1. The Hall–Kier alpha value is -2.70. The first-order valence-corrected chi connectivity index (χ1v) is 13.7. The minimum atomic E-state index is -4.90. The Labute approximate surface area is 277 Å². The van der Waals surface area contributed by atoms with Crippen molar-refractivity contribution in [1.29, 1.82) is 0 Å². The van der Waals surface area contributed by atoms with Gasteiger partial charge in [-0.15, -0.1) is 0 Å². The Morgan fingerprint density at radius 2 is 1.24 bits per heavy atom. The molecule has 4 aromatic carbocycles. The van der Waals surface area contributed by atoms with Gasteiger partial charge in [0.05, 0.1) is 26.9 Å². The number of hydrogen-bond donors (Lipinski definition) is 3. The first-order valence-electron chi connectivity index (χ1n) is 10.8. The first kappa shape index (κ1) is 34.5. The van der Waals surface area contributed by atoms with E-state index in [2.05, 4.69) is 26.4 Å². The van der Waals surface area contributed by atoms with Crippen molar-refractivity contribution in [3.8, 4) is 0 Å². The Kier molecular flexibility index (Phi) is 12.2. The smallest absolute Gasteiger partial charge is 0.744 e. The van der Waals surface area contributed by atoms with Gasteiger partial charge < -0.3 is 14.4 Å². The largest absolute Gasteiger partial charge is 1.00 e. The fourth-order valence-corrected chi connectivity index (χ4v) is 4.39. The molecule has 0 unspecified atom stereocenters. The summed E-state index contributed by atoms with van der Waals surface area (Å²) in [5.41, 5.74) is 4.16. The van der Waals surface area contributed by atoms with Crippen molar-refractivity contribution < 1.29 is 85.1 Å². The van der Waals surface area contributed by atoms with Crippen molar-refractivity contribution in [3.63, 3.8) is 0 Å². The molecule has 4 rings (SSSR count). The van der Waals surface area contributed by atoms with Crippen LogP contribution in [0.25, 0.3) is 0 Å². The second-order valence-electron chi connectivity index (χ2n) is 7.84. The molecule has 17 heteroatoms. The maximum absolute atomic E-state index is 12.8. The number of nitrogens with one attached hydrogen (secondary N) is 3. The van der Waals surface area contributed by atoms with Gasteiger partial charge in [-0.2, -0.15) is 10.2 Å². The van der Waals surface area contributed by atoms with Crippen LogP contribution in [0.1, 0.15) is 0 Å². The van der Waals surface area contributed by atoms with E-state index in [4.69, 9.17) is 0 Å². The normalized spacial score (nSPS) is 12.1. The van der Waals surface area contributed by atoms with Gasteiger partial charge in [-0.1, -0.05) is 18.2 Å². The SMILES string of the molecule is O=c1ccc(=NNc2ccc(Nc3ccccc3)c(S(=O)(=O)[O-])c2)c(=O)c1=NNc1ccc(S(=O)(=O)[O-])cc1.[Na+].[Na+]. The standard InChI is InChI=1S/C24H19N5O8S2.2Na/c30-21-13-12-20(24(31)23(21)29-26-16-6-9-18(10-7-16)38(32,33)34)28-27-17-8-11-19(22(14-17)39(35,36)37)25-15-4-2-1-3-5-15;;/h1-14,25-27H,(H,32,33,34)(H,35,36,37);;/q;2*+1/p-2. The number of hydrogen-bond acceptors (Lipinski definition) is 13. The zero-order valence-corrected chi connectivity index (χ0v) is 27.2. The maximum Gasteiger partial charge on any atom is 1.00 e. The van der Waals surface area contributed by atoms with Crippen molar-refractivity contribution in [1.82, 2.24) is 0 Å². The van der Waals surface area contributed by atoms with Gasteiger partial charge in [0.25, 0.3) is 0 Å². The molecule has 3 N–H and O–H groups in total. The Balaban J connectivity index is 0.00000294. The Morgan fingerprint density at radius 3 is 1.85 bits per heavy atom. The van der Waals surface area contributed by atoms with Gasteiger partial charge in [-0.25, -0.2) is 16.8 Å². The van der Waals surface area contributed by atoms with Gasteiger partial charge in [0, 0.05) is 5.69 Å². The van der Waals surface area contributed by atoms with Crippen LogP contribution in [0.15, 0.2) is 115 Å². The molecule has 0 saturated heterocycles. The molecule has 200 valence electrons. The van der Waals surface area contributed by atoms with E-state index in [1.165, 1.54) is 24.3 Å². The zero-order valence-electron chi connectivity index (χ0n) is 21.6. The molecule has 0 aromatic heterocycles. The summed E-state index contributed by atoms with van der Waals surface area (Å²) < 4.78 is 68.7. The zero-order chi connectivity index (χ0) is 28.2. The minimum Gasteiger partial charge on any atom is -0.744 e. The van der Waals surface area contributed by atoms with E-state index in [0.717, 1.165) is 30.3 Å². The van der Waals surface area contributed by atoms with Crippen LogP contribution >= 0.6 is 0 Å². The van der Waals surface area contributed by atoms with E-state index in [1.807, 2.05) is 0 Å². The molecular formula is C24H17N5Na2O8S2. The molecule has 0 radical (unpaired) electrons. The van der Waals surface area contributed by atoms with E-state index in [9.17, 15) is 35.5 Å². The molecule has 4 aromatic rings. The summed E-state index contributed by atoms with van der Waals surface area (Å²) in [4.78, 5) is 23.9. The van der Waals surface area contributed by atoms with E-state index < -0.39 is 46.2 Å². The molecule has 0 heterocycles. The first-order chi connectivity index (χ1) is 18.4. The summed E-state index contributed by atoms with van der Waals surface area (Å²) in [5, 5.41) is 9.73. The van der Waals surface area contributed by atoms with Crippen molar-refractivity contribution >= 4 is 43.0 Å². The predicted octanol–water partition coefficient (Wildman–Crippen LogP) is -5.30. The molecule has 0 saturated carbocycles. The summed E-state index contributed by atoms with van der Waals surface area (Å²) >= 11 is 0. The molecule has 0 fully saturated rings. The molecule has 0 atom stereocenters. The van der Waals surface area contributed by atoms with Crippen molar-refractivity contribution in [2.45, 2.75) is 9.79 Å². The van der Waals surface area contributed by atoms with Crippen LogP contribution in [-0.4, -0.2) is 25.9 Å². The van der Waals surface area contributed by atoms with Gasteiger partial charge in [0.15, 0.2) is 5.36 Å². The molecule has 0 aliphatic heterocycles. The quantitative estimate of drug-likeness (QED) is 0.0971. The van der Waals surface area contributed by atoms with E-state index >= 15 is 0 Å². The third-order valence-corrected chi connectivity index (χ3v) is 6.85. The molecule has 0 amide bonds. The van der Waals surface area contributed by atoms with Gasteiger partial charge in [0.1, 0.15) is 25.6 Å². The summed E-state index contributed by atoms with van der Waals surface area (Å²) in [6.07, 6.45) is 0. The summed E-state index contributed by atoms with van der Waals surface area (Å²) in [7, 11) is -9.54. The van der Waals surface area contributed by atoms with Crippen LogP contribution in [0.3, 0.4) is 0 Å². The molecule has 13 nitrogen and oxygen atoms in total. The van der Waals surface area contributed by atoms with Crippen molar-refractivity contribution in [3.05, 3.63) is 116 Å². The van der Waals surface area contributed by atoms with Gasteiger partial charge >= 0.3 is 59.1 Å². The third kappa shape index (κ3) is 9.14. The van der Waals surface area contributed by atoms with Crippen LogP contribution < -0.4 is 96.9 Å². The fraction of sp³-hybridized carbons (Fsp3) is 0. The van der Waals surface area contributed by atoms with E-state index in [0.29, 0.717) is 5.69 Å². The van der Waals surface area contributed by atoms with E-state index in [1.54, 1.807) is 30.3 Å².